The molecule has 0 saturated heterocycles. The Morgan fingerprint density at radius 3 is 2.46 bits per heavy atom. The first kappa shape index (κ1) is 16.1. The lowest BCUT2D eigenvalue weighted by Gasteiger charge is -2.07. The van der Waals surface area contributed by atoms with Crippen molar-refractivity contribution >= 4 is 15.7 Å². The highest BCUT2D eigenvalue weighted by Crippen LogP contribution is 2.25. The van der Waals surface area contributed by atoms with Crippen molar-refractivity contribution in [3.8, 4) is 17.4 Å². The van der Waals surface area contributed by atoms with E-state index in [1.54, 1.807) is 31.2 Å². The fourth-order valence-corrected chi connectivity index (χ4v) is 2.96. The Morgan fingerprint density at radius 1 is 1.08 bits per heavy atom. The van der Waals surface area contributed by atoms with Gasteiger partial charge in [-0.15, -0.1) is 10.2 Å². The SMILES string of the molecule is CCOc1ccc(NS(=O)(=O)c2ccc(-c3nnc(C)o3)o2)cc1. The number of aryl methyl sites for hydroxylation is 1. The van der Waals surface area contributed by atoms with Gasteiger partial charge in [0.15, 0.2) is 5.76 Å². The number of nitrogens with one attached hydrogen (secondary N) is 1. The Morgan fingerprint density at radius 2 is 1.83 bits per heavy atom. The van der Waals surface area contributed by atoms with Crippen molar-refractivity contribution < 1.29 is 22.0 Å². The van der Waals surface area contributed by atoms with Gasteiger partial charge in [0.1, 0.15) is 5.75 Å². The summed E-state index contributed by atoms with van der Waals surface area (Å²) in [5, 5.41) is 7.21. The van der Waals surface area contributed by atoms with Crippen LogP contribution in [0, 0.1) is 6.92 Å². The summed E-state index contributed by atoms with van der Waals surface area (Å²) in [5.41, 5.74) is 0.394. The van der Waals surface area contributed by atoms with Gasteiger partial charge in [-0.25, -0.2) is 0 Å². The van der Waals surface area contributed by atoms with Gasteiger partial charge in [-0.3, -0.25) is 4.72 Å². The fraction of sp³-hybridized carbons (Fsp3) is 0.200. The number of anilines is 1. The van der Waals surface area contributed by atoms with Crippen molar-refractivity contribution in [1.82, 2.24) is 10.2 Å². The number of hydrogen-bond donors (Lipinski definition) is 1. The van der Waals surface area contributed by atoms with E-state index in [2.05, 4.69) is 14.9 Å². The largest absolute Gasteiger partial charge is 0.494 e. The van der Waals surface area contributed by atoms with Gasteiger partial charge in [0.25, 0.3) is 15.9 Å². The van der Waals surface area contributed by atoms with Crippen LogP contribution in [-0.4, -0.2) is 25.2 Å². The maximum absolute atomic E-state index is 12.4. The predicted molar refractivity (Wildman–Crippen MR) is 85.2 cm³/mol. The monoisotopic (exact) mass is 349 g/mol. The van der Waals surface area contributed by atoms with Crippen molar-refractivity contribution in [3.63, 3.8) is 0 Å². The third-order valence-corrected chi connectivity index (χ3v) is 4.25. The molecular weight excluding hydrogens is 334 g/mol. The molecule has 0 saturated carbocycles. The lowest BCUT2D eigenvalue weighted by molar-refractivity contribution is 0.340. The number of aromatic nitrogens is 2. The molecule has 2 heterocycles. The number of rotatable bonds is 6. The summed E-state index contributed by atoms with van der Waals surface area (Å²) in [6, 6.07) is 9.35. The van der Waals surface area contributed by atoms with Crippen LogP contribution in [0.25, 0.3) is 11.7 Å². The third-order valence-electron chi connectivity index (χ3n) is 3.00. The number of furan rings is 1. The van der Waals surface area contributed by atoms with Crippen LogP contribution >= 0.6 is 0 Å². The minimum Gasteiger partial charge on any atom is -0.494 e. The quantitative estimate of drug-likeness (QED) is 0.729. The van der Waals surface area contributed by atoms with E-state index < -0.39 is 10.0 Å². The summed E-state index contributed by atoms with van der Waals surface area (Å²) in [6.07, 6.45) is 0. The summed E-state index contributed by atoms with van der Waals surface area (Å²) in [4.78, 5) is 0. The topological polar surface area (TPSA) is 107 Å². The normalized spacial score (nSPS) is 11.4. The van der Waals surface area contributed by atoms with Gasteiger partial charge in [0.2, 0.25) is 11.0 Å². The highest BCUT2D eigenvalue weighted by atomic mass is 32.2. The summed E-state index contributed by atoms with van der Waals surface area (Å²) in [5.74, 6) is 1.32. The molecule has 2 aromatic heterocycles. The minimum atomic E-state index is -3.87. The van der Waals surface area contributed by atoms with Crippen molar-refractivity contribution in [2.45, 2.75) is 18.9 Å². The minimum absolute atomic E-state index is 0.120. The molecule has 0 aliphatic heterocycles. The van der Waals surface area contributed by atoms with Gasteiger partial charge in [0, 0.05) is 12.6 Å². The smallest absolute Gasteiger partial charge is 0.295 e. The van der Waals surface area contributed by atoms with Gasteiger partial charge in [-0.1, -0.05) is 0 Å². The van der Waals surface area contributed by atoms with Crippen molar-refractivity contribution in [2.24, 2.45) is 0 Å². The first-order valence-electron chi connectivity index (χ1n) is 7.14. The summed E-state index contributed by atoms with van der Waals surface area (Å²) in [7, 11) is -3.87. The van der Waals surface area contributed by atoms with E-state index in [-0.39, 0.29) is 16.7 Å². The molecule has 0 atom stereocenters. The molecule has 0 amide bonds. The average molecular weight is 349 g/mol. The highest BCUT2D eigenvalue weighted by molar-refractivity contribution is 7.92. The first-order chi connectivity index (χ1) is 11.5. The van der Waals surface area contributed by atoms with Crippen LogP contribution < -0.4 is 9.46 Å². The van der Waals surface area contributed by atoms with Crippen LogP contribution in [0.2, 0.25) is 0 Å². The Bertz CT molecular complexity index is 928. The zero-order valence-corrected chi connectivity index (χ0v) is 13.8. The van der Waals surface area contributed by atoms with Crippen LogP contribution in [0.4, 0.5) is 5.69 Å². The molecule has 1 aromatic carbocycles. The van der Waals surface area contributed by atoms with Crippen molar-refractivity contribution in [3.05, 3.63) is 42.3 Å². The average Bonchev–Trinajstić information content (AvgIpc) is 3.18. The standard InChI is InChI=1S/C15H15N3O5S/c1-3-21-12-6-4-11(5-7-12)18-24(19,20)14-9-8-13(23-14)15-17-16-10(2)22-15/h4-9,18H,3H2,1-2H3. The lowest BCUT2D eigenvalue weighted by Crippen LogP contribution is -2.11. The van der Waals surface area contributed by atoms with E-state index in [4.69, 9.17) is 13.6 Å². The van der Waals surface area contributed by atoms with Crippen LogP contribution in [-0.2, 0) is 10.0 Å². The van der Waals surface area contributed by atoms with Crippen molar-refractivity contribution in [1.29, 1.82) is 0 Å². The zero-order valence-electron chi connectivity index (χ0n) is 13.0. The molecule has 0 aliphatic carbocycles. The predicted octanol–water partition coefficient (Wildman–Crippen LogP) is 2.84. The maximum atomic E-state index is 12.4. The molecule has 0 spiro atoms. The van der Waals surface area contributed by atoms with Crippen LogP contribution in [0.3, 0.4) is 0 Å². The van der Waals surface area contributed by atoms with Crippen LogP contribution in [0.1, 0.15) is 12.8 Å². The van der Waals surface area contributed by atoms with Crippen LogP contribution in [0.15, 0.2) is 50.3 Å². The van der Waals surface area contributed by atoms with Gasteiger partial charge < -0.3 is 13.6 Å². The molecule has 1 N–H and O–H groups in total. The molecule has 0 aliphatic rings. The Kier molecular flexibility index (Phi) is 4.26. The molecule has 0 unspecified atom stereocenters. The third kappa shape index (κ3) is 3.40. The molecule has 8 nitrogen and oxygen atoms in total. The van der Waals surface area contributed by atoms with Crippen LogP contribution in [0.5, 0.6) is 5.75 Å². The molecule has 0 radical (unpaired) electrons. The summed E-state index contributed by atoms with van der Waals surface area (Å²) >= 11 is 0. The molecule has 24 heavy (non-hydrogen) atoms. The van der Waals surface area contributed by atoms with Gasteiger partial charge >= 0.3 is 0 Å². The van der Waals surface area contributed by atoms with Gasteiger partial charge in [-0.2, -0.15) is 8.42 Å². The molecular formula is C15H15N3O5S. The lowest BCUT2D eigenvalue weighted by atomic mass is 10.3. The number of benzene rings is 1. The molecule has 3 rings (SSSR count). The number of nitrogens with zero attached hydrogens (tertiary/aromatic N) is 2. The summed E-state index contributed by atoms with van der Waals surface area (Å²) < 4.78 is 43.0. The Hall–Kier alpha value is -2.81. The second-order valence-electron chi connectivity index (χ2n) is 4.81. The maximum Gasteiger partial charge on any atom is 0.295 e. The molecule has 9 heteroatoms. The van der Waals surface area contributed by atoms with Gasteiger partial charge in [-0.05, 0) is 43.3 Å². The summed E-state index contributed by atoms with van der Waals surface area (Å²) in [6.45, 7) is 4.04. The second-order valence-corrected chi connectivity index (χ2v) is 6.42. The van der Waals surface area contributed by atoms with Gasteiger partial charge in [0.05, 0.1) is 6.61 Å². The molecule has 0 fully saturated rings. The Labute approximate surface area is 138 Å². The zero-order chi connectivity index (χ0) is 17.2. The fourth-order valence-electron chi connectivity index (χ4n) is 1.97. The van der Waals surface area contributed by atoms with E-state index in [9.17, 15) is 8.42 Å². The van der Waals surface area contributed by atoms with E-state index in [1.165, 1.54) is 12.1 Å². The van der Waals surface area contributed by atoms with Crippen molar-refractivity contribution in [2.75, 3.05) is 11.3 Å². The number of sulfonamides is 1. The second kappa shape index (κ2) is 6.36. The molecule has 126 valence electrons. The first-order valence-corrected chi connectivity index (χ1v) is 8.62. The van der Waals surface area contributed by atoms with E-state index in [0.717, 1.165) is 0 Å². The number of ether oxygens (including phenoxy) is 1. The van der Waals surface area contributed by atoms with E-state index in [0.29, 0.717) is 23.9 Å². The van der Waals surface area contributed by atoms with E-state index >= 15 is 0 Å². The highest BCUT2D eigenvalue weighted by Gasteiger charge is 2.21. The molecule has 0 bridgehead atoms. The number of hydrogen-bond acceptors (Lipinski definition) is 7. The van der Waals surface area contributed by atoms with E-state index in [1.807, 2.05) is 6.92 Å². The molecule has 3 aromatic rings. The Balaban J connectivity index is 1.79.